The first kappa shape index (κ1) is 23.3. The summed E-state index contributed by atoms with van der Waals surface area (Å²) in [6, 6.07) is 14.5. The first-order valence-electron chi connectivity index (χ1n) is 10.8. The van der Waals surface area contributed by atoms with E-state index in [0.29, 0.717) is 17.8 Å². The number of hydrogen-bond acceptors (Lipinski definition) is 4. The van der Waals surface area contributed by atoms with Gasteiger partial charge in [0.25, 0.3) is 5.91 Å². The van der Waals surface area contributed by atoms with Crippen molar-refractivity contribution in [3.8, 4) is 5.75 Å². The quantitative estimate of drug-likeness (QED) is 0.412. The largest absolute Gasteiger partial charge is 0.494 e. The molecule has 0 aliphatic heterocycles. The Kier molecular flexibility index (Phi) is 10.3. The van der Waals surface area contributed by atoms with Crippen molar-refractivity contribution >= 4 is 23.2 Å². The summed E-state index contributed by atoms with van der Waals surface area (Å²) in [6.07, 6.45) is 5.61. The molecule has 3 N–H and O–H groups in total. The molecular weight excluding hydrogens is 378 g/mol. The number of benzene rings is 2. The minimum Gasteiger partial charge on any atom is -0.494 e. The summed E-state index contributed by atoms with van der Waals surface area (Å²) < 4.78 is 5.72. The van der Waals surface area contributed by atoms with Crippen molar-refractivity contribution in [1.82, 2.24) is 5.32 Å². The lowest BCUT2D eigenvalue weighted by Crippen LogP contribution is -2.24. The van der Waals surface area contributed by atoms with Gasteiger partial charge in [0, 0.05) is 23.5 Å². The van der Waals surface area contributed by atoms with E-state index in [1.807, 2.05) is 31.2 Å². The molecule has 6 heteroatoms. The second kappa shape index (κ2) is 13.2. The van der Waals surface area contributed by atoms with E-state index >= 15 is 0 Å². The molecule has 0 heterocycles. The van der Waals surface area contributed by atoms with Gasteiger partial charge in [-0.05, 0) is 61.4 Å². The first-order valence-corrected chi connectivity index (χ1v) is 10.8. The van der Waals surface area contributed by atoms with E-state index in [4.69, 9.17) is 4.74 Å². The highest BCUT2D eigenvalue weighted by atomic mass is 16.5. The average Bonchev–Trinajstić information content (AvgIpc) is 2.77. The molecule has 0 radical (unpaired) electrons. The molecule has 2 rings (SSSR count). The smallest absolute Gasteiger partial charge is 0.251 e. The lowest BCUT2D eigenvalue weighted by Gasteiger charge is -2.10. The molecule has 0 atom stereocenters. The van der Waals surface area contributed by atoms with Gasteiger partial charge >= 0.3 is 0 Å². The summed E-state index contributed by atoms with van der Waals surface area (Å²) in [6.45, 7) is 5.72. The molecule has 0 fully saturated rings. The SMILES string of the molecule is CCCCCCOc1ccc(NCC(=O)Nc2ccc(C(=O)NCCC)cc2)cc1. The molecule has 2 aromatic rings. The molecule has 0 saturated carbocycles. The van der Waals surface area contributed by atoms with E-state index in [9.17, 15) is 9.59 Å². The van der Waals surface area contributed by atoms with E-state index < -0.39 is 0 Å². The second-order valence-corrected chi connectivity index (χ2v) is 7.17. The molecule has 2 aromatic carbocycles. The van der Waals surface area contributed by atoms with Gasteiger partial charge in [0.2, 0.25) is 5.91 Å². The highest BCUT2D eigenvalue weighted by Crippen LogP contribution is 2.16. The lowest BCUT2D eigenvalue weighted by atomic mass is 10.2. The molecule has 0 saturated heterocycles. The van der Waals surface area contributed by atoms with Crippen LogP contribution in [0, 0.1) is 0 Å². The number of amides is 2. The van der Waals surface area contributed by atoms with Crippen LogP contribution in [0.25, 0.3) is 0 Å². The third-order valence-electron chi connectivity index (χ3n) is 4.54. The van der Waals surface area contributed by atoms with Crippen LogP contribution in [-0.2, 0) is 4.79 Å². The standard InChI is InChI=1S/C24H33N3O3/c1-3-5-6-7-17-30-22-14-12-20(13-15-22)26-18-23(28)27-21-10-8-19(9-11-21)24(29)25-16-4-2/h8-15,26H,3-7,16-18H2,1-2H3,(H,25,29)(H,27,28). The Balaban J connectivity index is 1.72. The summed E-state index contributed by atoms with van der Waals surface area (Å²) in [5.74, 6) is 0.573. The van der Waals surface area contributed by atoms with Crippen LogP contribution in [0.2, 0.25) is 0 Å². The predicted molar refractivity (Wildman–Crippen MR) is 122 cm³/mol. The average molecular weight is 412 g/mol. The summed E-state index contributed by atoms with van der Waals surface area (Å²) >= 11 is 0. The van der Waals surface area contributed by atoms with Gasteiger partial charge in [-0.3, -0.25) is 9.59 Å². The number of carbonyl (C=O) groups is 2. The minimum absolute atomic E-state index is 0.107. The van der Waals surface area contributed by atoms with Crippen LogP contribution in [0.5, 0.6) is 5.75 Å². The van der Waals surface area contributed by atoms with Crippen LogP contribution in [0.3, 0.4) is 0 Å². The monoisotopic (exact) mass is 411 g/mol. The third kappa shape index (κ3) is 8.55. The van der Waals surface area contributed by atoms with Crippen molar-refractivity contribution in [2.45, 2.75) is 46.0 Å². The normalized spacial score (nSPS) is 10.3. The molecule has 30 heavy (non-hydrogen) atoms. The Morgan fingerprint density at radius 1 is 0.833 bits per heavy atom. The van der Waals surface area contributed by atoms with Gasteiger partial charge in [-0.1, -0.05) is 33.1 Å². The number of rotatable bonds is 13. The maximum Gasteiger partial charge on any atom is 0.251 e. The molecule has 0 bridgehead atoms. The molecule has 0 aliphatic rings. The summed E-state index contributed by atoms with van der Waals surface area (Å²) in [5.41, 5.74) is 2.08. The fourth-order valence-electron chi connectivity index (χ4n) is 2.82. The van der Waals surface area contributed by atoms with Crippen LogP contribution in [0.1, 0.15) is 56.3 Å². The zero-order valence-electron chi connectivity index (χ0n) is 18.0. The maximum absolute atomic E-state index is 12.2. The fourth-order valence-corrected chi connectivity index (χ4v) is 2.82. The van der Waals surface area contributed by atoms with Gasteiger partial charge in [0.1, 0.15) is 5.75 Å². The number of anilines is 2. The van der Waals surface area contributed by atoms with Gasteiger partial charge in [-0.15, -0.1) is 0 Å². The molecule has 6 nitrogen and oxygen atoms in total. The highest BCUT2D eigenvalue weighted by Gasteiger charge is 2.06. The van der Waals surface area contributed by atoms with E-state index in [2.05, 4.69) is 22.9 Å². The van der Waals surface area contributed by atoms with Crippen LogP contribution in [0.15, 0.2) is 48.5 Å². The van der Waals surface area contributed by atoms with E-state index in [0.717, 1.165) is 30.9 Å². The number of nitrogens with one attached hydrogen (secondary N) is 3. The van der Waals surface area contributed by atoms with Crippen molar-refractivity contribution in [3.63, 3.8) is 0 Å². The minimum atomic E-state index is -0.158. The van der Waals surface area contributed by atoms with Crippen molar-refractivity contribution in [1.29, 1.82) is 0 Å². The zero-order chi connectivity index (χ0) is 21.6. The Morgan fingerprint density at radius 3 is 2.20 bits per heavy atom. The van der Waals surface area contributed by atoms with Gasteiger partial charge in [0.15, 0.2) is 0 Å². The number of ether oxygens (including phenoxy) is 1. The zero-order valence-corrected chi connectivity index (χ0v) is 18.0. The van der Waals surface area contributed by atoms with Crippen molar-refractivity contribution in [2.24, 2.45) is 0 Å². The van der Waals surface area contributed by atoms with E-state index in [1.54, 1.807) is 24.3 Å². The molecular formula is C24H33N3O3. The van der Waals surface area contributed by atoms with Crippen molar-refractivity contribution in [3.05, 3.63) is 54.1 Å². The summed E-state index contributed by atoms with van der Waals surface area (Å²) in [7, 11) is 0. The van der Waals surface area contributed by atoms with Crippen LogP contribution in [-0.4, -0.2) is 31.5 Å². The van der Waals surface area contributed by atoms with Crippen LogP contribution < -0.4 is 20.7 Å². The second-order valence-electron chi connectivity index (χ2n) is 7.17. The van der Waals surface area contributed by atoms with Crippen molar-refractivity contribution < 1.29 is 14.3 Å². The van der Waals surface area contributed by atoms with Gasteiger partial charge in [-0.2, -0.15) is 0 Å². The fraction of sp³-hybridized carbons (Fsp3) is 0.417. The third-order valence-corrected chi connectivity index (χ3v) is 4.54. The predicted octanol–water partition coefficient (Wildman–Crippen LogP) is 4.84. The Morgan fingerprint density at radius 2 is 1.53 bits per heavy atom. The molecule has 0 aliphatic carbocycles. The Hall–Kier alpha value is -3.02. The van der Waals surface area contributed by atoms with E-state index in [-0.39, 0.29) is 18.4 Å². The highest BCUT2D eigenvalue weighted by molar-refractivity contribution is 5.96. The molecule has 162 valence electrons. The summed E-state index contributed by atoms with van der Waals surface area (Å²) in [4.78, 5) is 24.1. The molecule has 0 spiro atoms. The topological polar surface area (TPSA) is 79.5 Å². The van der Waals surface area contributed by atoms with Gasteiger partial charge in [-0.25, -0.2) is 0 Å². The Labute approximate surface area is 179 Å². The van der Waals surface area contributed by atoms with Crippen LogP contribution in [0.4, 0.5) is 11.4 Å². The molecule has 2 amide bonds. The molecule has 0 aromatic heterocycles. The van der Waals surface area contributed by atoms with Gasteiger partial charge < -0.3 is 20.7 Å². The van der Waals surface area contributed by atoms with E-state index in [1.165, 1.54) is 19.3 Å². The summed E-state index contributed by atoms with van der Waals surface area (Å²) in [5, 5.41) is 8.74. The molecule has 0 unspecified atom stereocenters. The number of carbonyl (C=O) groups excluding carboxylic acids is 2. The number of unbranched alkanes of at least 4 members (excludes halogenated alkanes) is 3. The van der Waals surface area contributed by atoms with Crippen LogP contribution >= 0.6 is 0 Å². The first-order chi connectivity index (χ1) is 14.6. The number of hydrogen-bond donors (Lipinski definition) is 3. The lowest BCUT2D eigenvalue weighted by molar-refractivity contribution is -0.114. The maximum atomic E-state index is 12.2. The Bertz CT molecular complexity index is 773. The van der Waals surface area contributed by atoms with Gasteiger partial charge in [0.05, 0.1) is 13.2 Å². The van der Waals surface area contributed by atoms with Crippen molar-refractivity contribution in [2.75, 3.05) is 30.3 Å².